The molecular formula is C25H24N2O4S. The second-order valence-electron chi connectivity index (χ2n) is 7.36. The van der Waals surface area contributed by atoms with E-state index in [0.717, 1.165) is 16.9 Å². The molecule has 0 saturated heterocycles. The van der Waals surface area contributed by atoms with Crippen molar-refractivity contribution in [1.29, 1.82) is 0 Å². The smallest absolute Gasteiger partial charge is 0.233 e. The topological polar surface area (TPSA) is 81.4 Å². The molecule has 32 heavy (non-hydrogen) atoms. The van der Waals surface area contributed by atoms with E-state index in [9.17, 15) is 8.42 Å². The normalized spacial score (nSPS) is 11.3. The minimum absolute atomic E-state index is 0.117. The first-order valence-electron chi connectivity index (χ1n) is 10.2. The molecule has 1 N–H and O–H groups in total. The van der Waals surface area contributed by atoms with Gasteiger partial charge in [0.05, 0.1) is 12.0 Å². The lowest BCUT2D eigenvalue weighted by Gasteiger charge is -2.07. The Morgan fingerprint density at radius 2 is 1.62 bits per heavy atom. The highest BCUT2D eigenvalue weighted by atomic mass is 32.2. The summed E-state index contributed by atoms with van der Waals surface area (Å²) in [7, 11) is -2.23. The molecule has 0 bridgehead atoms. The molecule has 0 spiro atoms. The Labute approximate surface area is 187 Å². The Balaban J connectivity index is 1.63. The van der Waals surface area contributed by atoms with E-state index in [0.29, 0.717) is 18.5 Å². The van der Waals surface area contributed by atoms with Crippen molar-refractivity contribution in [2.45, 2.75) is 23.3 Å². The average molecular weight is 449 g/mol. The minimum atomic E-state index is -3.85. The molecule has 4 aromatic rings. The molecule has 0 aliphatic heterocycles. The molecule has 1 aromatic heterocycles. The number of oxazole rings is 1. The summed E-state index contributed by atoms with van der Waals surface area (Å²) in [6, 6.07) is 23.6. The maximum Gasteiger partial charge on any atom is 0.233 e. The number of nitrogens with zero attached hydrogens (tertiary/aromatic N) is 1. The van der Waals surface area contributed by atoms with Crippen molar-refractivity contribution >= 4 is 15.7 Å². The molecule has 0 aliphatic carbocycles. The molecule has 1 heterocycles. The standard InChI is InChI=1S/C25H24N2O4S/c1-18-8-12-20(13-9-18)23-27-25(32(28,29)22-6-4-3-5-7-22)24(31-23)26-17-16-19-10-14-21(30-2)15-11-19/h3-15,26H,16-17H2,1-2H3. The lowest BCUT2D eigenvalue weighted by molar-refractivity contribution is 0.414. The summed E-state index contributed by atoms with van der Waals surface area (Å²) < 4.78 is 37.6. The van der Waals surface area contributed by atoms with Crippen molar-refractivity contribution in [3.8, 4) is 17.2 Å². The van der Waals surface area contributed by atoms with Crippen molar-refractivity contribution in [3.05, 3.63) is 90.0 Å². The van der Waals surface area contributed by atoms with Gasteiger partial charge in [0.2, 0.25) is 26.6 Å². The Kier molecular flexibility index (Phi) is 6.28. The first kappa shape index (κ1) is 21.6. The fourth-order valence-corrected chi connectivity index (χ4v) is 4.54. The van der Waals surface area contributed by atoms with Gasteiger partial charge in [-0.2, -0.15) is 4.98 Å². The molecule has 0 fully saturated rings. The molecule has 0 aliphatic rings. The van der Waals surface area contributed by atoms with Gasteiger partial charge >= 0.3 is 0 Å². The number of hydrogen-bond donors (Lipinski definition) is 1. The largest absolute Gasteiger partial charge is 0.497 e. The number of nitrogens with one attached hydrogen (secondary N) is 1. The molecule has 0 saturated carbocycles. The molecule has 6 nitrogen and oxygen atoms in total. The van der Waals surface area contributed by atoms with Crippen LogP contribution in [0.15, 0.2) is 93.2 Å². The van der Waals surface area contributed by atoms with Crippen LogP contribution >= 0.6 is 0 Å². The number of aromatic nitrogens is 1. The van der Waals surface area contributed by atoms with Crippen LogP contribution in [0, 0.1) is 6.92 Å². The third-order valence-corrected chi connectivity index (χ3v) is 6.74. The molecule has 3 aromatic carbocycles. The molecule has 0 amide bonds. The molecule has 4 rings (SSSR count). The number of hydrogen-bond acceptors (Lipinski definition) is 6. The van der Waals surface area contributed by atoms with Gasteiger partial charge in [-0.3, -0.25) is 0 Å². The lowest BCUT2D eigenvalue weighted by atomic mass is 10.1. The predicted octanol–water partition coefficient (Wildman–Crippen LogP) is 5.15. The quantitative estimate of drug-likeness (QED) is 0.402. The van der Waals surface area contributed by atoms with Crippen LogP contribution in [0.4, 0.5) is 5.88 Å². The van der Waals surface area contributed by atoms with Gasteiger partial charge < -0.3 is 14.5 Å². The van der Waals surface area contributed by atoms with E-state index in [1.54, 1.807) is 37.4 Å². The summed E-state index contributed by atoms with van der Waals surface area (Å²) in [6.07, 6.45) is 0.676. The van der Waals surface area contributed by atoms with E-state index in [1.165, 1.54) is 0 Å². The number of sulfone groups is 1. The number of aryl methyl sites for hydroxylation is 1. The van der Waals surface area contributed by atoms with Gasteiger partial charge in [0.15, 0.2) is 0 Å². The highest BCUT2D eigenvalue weighted by Crippen LogP contribution is 2.32. The SMILES string of the molecule is COc1ccc(CCNc2oc(-c3ccc(C)cc3)nc2S(=O)(=O)c2ccccc2)cc1. The van der Waals surface area contributed by atoms with Crippen LogP contribution in [0.2, 0.25) is 0 Å². The molecular weight excluding hydrogens is 424 g/mol. The highest BCUT2D eigenvalue weighted by Gasteiger charge is 2.28. The summed E-state index contributed by atoms with van der Waals surface area (Å²) in [4.78, 5) is 4.54. The summed E-state index contributed by atoms with van der Waals surface area (Å²) >= 11 is 0. The van der Waals surface area contributed by atoms with Crippen LogP contribution in [0.25, 0.3) is 11.5 Å². The fraction of sp³-hybridized carbons (Fsp3) is 0.160. The number of methoxy groups -OCH3 is 1. The lowest BCUT2D eigenvalue weighted by Crippen LogP contribution is -2.09. The van der Waals surface area contributed by atoms with Gasteiger partial charge in [-0.05, 0) is 55.3 Å². The zero-order chi connectivity index (χ0) is 22.6. The molecule has 164 valence electrons. The van der Waals surface area contributed by atoms with Gasteiger partial charge in [-0.1, -0.05) is 48.0 Å². The Morgan fingerprint density at radius 3 is 2.28 bits per heavy atom. The van der Waals surface area contributed by atoms with Gasteiger partial charge in [0.1, 0.15) is 5.75 Å². The van der Waals surface area contributed by atoms with Crippen molar-refractivity contribution in [2.75, 3.05) is 19.0 Å². The summed E-state index contributed by atoms with van der Waals surface area (Å²) in [5.41, 5.74) is 2.89. The number of ether oxygens (including phenoxy) is 1. The van der Waals surface area contributed by atoms with Gasteiger partial charge in [-0.25, -0.2) is 8.42 Å². The molecule has 0 unspecified atom stereocenters. The summed E-state index contributed by atoms with van der Waals surface area (Å²) in [5, 5.41) is 3.01. The maximum absolute atomic E-state index is 13.3. The van der Waals surface area contributed by atoms with Crippen LogP contribution in [0.5, 0.6) is 5.75 Å². The fourth-order valence-electron chi connectivity index (χ4n) is 3.24. The monoisotopic (exact) mass is 448 g/mol. The summed E-state index contributed by atoms with van der Waals surface area (Å²) in [6.45, 7) is 2.46. The average Bonchev–Trinajstić information content (AvgIpc) is 3.25. The predicted molar refractivity (Wildman–Crippen MR) is 124 cm³/mol. The zero-order valence-corrected chi connectivity index (χ0v) is 18.7. The third-order valence-electron chi connectivity index (χ3n) is 5.06. The van der Waals surface area contributed by atoms with Crippen LogP contribution in [-0.4, -0.2) is 27.1 Å². The van der Waals surface area contributed by atoms with Crippen LogP contribution in [0.1, 0.15) is 11.1 Å². The van der Waals surface area contributed by atoms with Crippen molar-refractivity contribution < 1.29 is 17.6 Å². The van der Waals surface area contributed by atoms with E-state index in [-0.39, 0.29) is 21.7 Å². The van der Waals surface area contributed by atoms with Gasteiger partial charge in [0.25, 0.3) is 0 Å². The van der Waals surface area contributed by atoms with Crippen molar-refractivity contribution in [3.63, 3.8) is 0 Å². The number of rotatable bonds is 8. The van der Waals surface area contributed by atoms with Crippen molar-refractivity contribution in [2.24, 2.45) is 0 Å². The van der Waals surface area contributed by atoms with Crippen LogP contribution in [0.3, 0.4) is 0 Å². The molecule has 7 heteroatoms. The highest BCUT2D eigenvalue weighted by molar-refractivity contribution is 7.91. The van der Waals surface area contributed by atoms with E-state index in [4.69, 9.17) is 9.15 Å². The second kappa shape index (κ2) is 9.28. The Morgan fingerprint density at radius 1 is 0.938 bits per heavy atom. The summed E-state index contributed by atoms with van der Waals surface area (Å²) in [5.74, 6) is 1.18. The van der Waals surface area contributed by atoms with E-state index < -0.39 is 9.84 Å². The maximum atomic E-state index is 13.3. The zero-order valence-electron chi connectivity index (χ0n) is 17.9. The number of anilines is 1. The minimum Gasteiger partial charge on any atom is -0.497 e. The molecule has 0 radical (unpaired) electrons. The van der Waals surface area contributed by atoms with E-state index in [1.807, 2.05) is 55.5 Å². The van der Waals surface area contributed by atoms with E-state index >= 15 is 0 Å². The second-order valence-corrected chi connectivity index (χ2v) is 9.23. The first-order chi connectivity index (χ1) is 15.5. The van der Waals surface area contributed by atoms with Gasteiger partial charge in [-0.15, -0.1) is 0 Å². The van der Waals surface area contributed by atoms with Gasteiger partial charge in [0, 0.05) is 12.1 Å². The first-order valence-corrected chi connectivity index (χ1v) is 11.7. The van der Waals surface area contributed by atoms with Crippen molar-refractivity contribution in [1.82, 2.24) is 4.98 Å². The third kappa shape index (κ3) is 4.68. The Bertz CT molecular complexity index is 1280. The number of benzene rings is 3. The van der Waals surface area contributed by atoms with E-state index in [2.05, 4.69) is 10.3 Å². The Hall–Kier alpha value is -3.58. The molecule has 0 atom stereocenters. The van der Waals surface area contributed by atoms with Crippen LogP contribution < -0.4 is 10.1 Å². The van der Waals surface area contributed by atoms with Crippen LogP contribution in [-0.2, 0) is 16.3 Å².